The highest BCUT2D eigenvalue weighted by Gasteiger charge is 2.29. The van der Waals surface area contributed by atoms with Crippen molar-refractivity contribution in [2.45, 2.75) is 38.4 Å². The van der Waals surface area contributed by atoms with Crippen LogP contribution in [0.15, 0.2) is 30.3 Å². The molecular weight excluding hydrogens is 276 g/mol. The van der Waals surface area contributed by atoms with E-state index in [9.17, 15) is 4.79 Å². The largest absolute Gasteiger partial charge is 0.373 e. The number of nitrogens with one attached hydrogen (secondary N) is 1. The lowest BCUT2D eigenvalue weighted by atomic mass is 9.96. The highest BCUT2D eigenvalue weighted by molar-refractivity contribution is 5.79. The average molecular weight is 302 g/mol. The summed E-state index contributed by atoms with van der Waals surface area (Å²) >= 11 is 0. The van der Waals surface area contributed by atoms with E-state index in [-0.39, 0.29) is 12.0 Å². The first kappa shape index (κ1) is 15.5. The number of benzene rings is 1. The SMILES string of the molecule is O=C(C1CCCNC1)N1CCC(OCc2ccccc2)CC1. The van der Waals surface area contributed by atoms with Gasteiger partial charge in [-0.2, -0.15) is 0 Å². The molecule has 0 aliphatic carbocycles. The standard InChI is InChI=1S/C18H26N2O2/c21-18(16-7-4-10-19-13-16)20-11-8-17(9-12-20)22-14-15-5-2-1-3-6-15/h1-3,5-6,16-17,19H,4,7-14H2. The number of piperidine rings is 2. The quantitative estimate of drug-likeness (QED) is 0.927. The van der Waals surface area contributed by atoms with E-state index in [1.165, 1.54) is 5.56 Å². The Morgan fingerprint density at radius 3 is 2.64 bits per heavy atom. The summed E-state index contributed by atoms with van der Waals surface area (Å²) in [4.78, 5) is 14.5. The van der Waals surface area contributed by atoms with Gasteiger partial charge in [-0.3, -0.25) is 4.79 Å². The van der Waals surface area contributed by atoms with Crippen molar-refractivity contribution in [2.24, 2.45) is 5.92 Å². The number of amides is 1. The van der Waals surface area contributed by atoms with Gasteiger partial charge in [0.25, 0.3) is 0 Å². The fourth-order valence-corrected chi connectivity index (χ4v) is 3.35. The van der Waals surface area contributed by atoms with E-state index in [0.29, 0.717) is 12.5 Å². The molecule has 4 heteroatoms. The molecule has 1 unspecified atom stereocenters. The molecule has 120 valence electrons. The molecule has 0 saturated carbocycles. The third-order valence-corrected chi connectivity index (χ3v) is 4.73. The third-order valence-electron chi connectivity index (χ3n) is 4.73. The van der Waals surface area contributed by atoms with Crippen molar-refractivity contribution in [3.8, 4) is 0 Å². The van der Waals surface area contributed by atoms with Crippen molar-refractivity contribution < 1.29 is 9.53 Å². The third kappa shape index (κ3) is 4.08. The van der Waals surface area contributed by atoms with Crippen LogP contribution in [-0.4, -0.2) is 43.1 Å². The molecular formula is C18H26N2O2. The van der Waals surface area contributed by atoms with Gasteiger partial charge in [-0.05, 0) is 37.8 Å². The first-order valence-corrected chi connectivity index (χ1v) is 8.48. The van der Waals surface area contributed by atoms with E-state index < -0.39 is 0 Å². The van der Waals surface area contributed by atoms with E-state index in [2.05, 4.69) is 17.4 Å². The smallest absolute Gasteiger partial charge is 0.226 e. The molecule has 22 heavy (non-hydrogen) atoms. The summed E-state index contributed by atoms with van der Waals surface area (Å²) in [6, 6.07) is 10.3. The van der Waals surface area contributed by atoms with Gasteiger partial charge in [0.15, 0.2) is 0 Å². The second kappa shape index (κ2) is 7.75. The number of nitrogens with zero attached hydrogens (tertiary/aromatic N) is 1. The number of likely N-dealkylation sites (tertiary alicyclic amines) is 1. The molecule has 3 rings (SSSR count). The lowest BCUT2D eigenvalue weighted by Crippen LogP contribution is -2.47. The van der Waals surface area contributed by atoms with Crippen molar-refractivity contribution in [3.63, 3.8) is 0 Å². The second-order valence-corrected chi connectivity index (χ2v) is 6.36. The van der Waals surface area contributed by atoms with E-state index >= 15 is 0 Å². The van der Waals surface area contributed by atoms with E-state index in [1.54, 1.807) is 0 Å². The molecule has 2 saturated heterocycles. The summed E-state index contributed by atoms with van der Waals surface area (Å²) in [5, 5.41) is 3.33. The van der Waals surface area contributed by atoms with Gasteiger partial charge in [0.1, 0.15) is 0 Å². The highest BCUT2D eigenvalue weighted by atomic mass is 16.5. The molecule has 0 bridgehead atoms. The van der Waals surface area contributed by atoms with E-state index in [4.69, 9.17) is 4.74 Å². The molecule has 2 aliphatic rings. The van der Waals surface area contributed by atoms with Gasteiger partial charge >= 0.3 is 0 Å². The Bertz CT molecular complexity index is 463. The Morgan fingerprint density at radius 2 is 1.95 bits per heavy atom. The number of carbonyl (C=O) groups is 1. The first-order chi connectivity index (χ1) is 10.8. The first-order valence-electron chi connectivity index (χ1n) is 8.48. The molecule has 1 aromatic rings. The maximum Gasteiger partial charge on any atom is 0.226 e. The van der Waals surface area contributed by atoms with Crippen LogP contribution in [0.4, 0.5) is 0 Å². The Labute approximate surface area is 132 Å². The summed E-state index contributed by atoms with van der Waals surface area (Å²) < 4.78 is 5.99. The van der Waals surface area contributed by atoms with Gasteiger partial charge in [0.05, 0.1) is 18.6 Å². The van der Waals surface area contributed by atoms with Crippen molar-refractivity contribution in [1.29, 1.82) is 0 Å². The fraction of sp³-hybridized carbons (Fsp3) is 0.611. The van der Waals surface area contributed by atoms with Crippen LogP contribution in [0, 0.1) is 5.92 Å². The van der Waals surface area contributed by atoms with Crippen molar-refractivity contribution >= 4 is 5.91 Å². The second-order valence-electron chi connectivity index (χ2n) is 6.36. The summed E-state index contributed by atoms with van der Waals surface area (Å²) in [5.41, 5.74) is 1.22. The average Bonchev–Trinajstić information content (AvgIpc) is 2.61. The molecule has 0 radical (unpaired) electrons. The molecule has 0 aromatic heterocycles. The fourth-order valence-electron chi connectivity index (χ4n) is 3.35. The molecule has 2 fully saturated rings. The van der Waals surface area contributed by atoms with Gasteiger partial charge in [0, 0.05) is 19.6 Å². The zero-order chi connectivity index (χ0) is 15.2. The number of hydrogen-bond donors (Lipinski definition) is 1. The summed E-state index contributed by atoms with van der Waals surface area (Å²) in [6.45, 7) is 4.26. The Kier molecular flexibility index (Phi) is 5.46. The van der Waals surface area contributed by atoms with E-state index in [1.807, 2.05) is 23.1 Å². The zero-order valence-electron chi connectivity index (χ0n) is 13.2. The maximum absolute atomic E-state index is 12.5. The summed E-state index contributed by atoms with van der Waals surface area (Å²) in [5.74, 6) is 0.532. The van der Waals surface area contributed by atoms with Crippen LogP contribution >= 0.6 is 0 Å². The van der Waals surface area contributed by atoms with Crippen molar-refractivity contribution in [1.82, 2.24) is 10.2 Å². The molecule has 4 nitrogen and oxygen atoms in total. The van der Waals surface area contributed by atoms with Gasteiger partial charge in [0.2, 0.25) is 5.91 Å². The predicted octanol–water partition coefficient (Wildman–Crippen LogP) is 2.19. The van der Waals surface area contributed by atoms with Crippen LogP contribution in [0.1, 0.15) is 31.2 Å². The normalized spacial score (nSPS) is 23.5. The van der Waals surface area contributed by atoms with Crippen LogP contribution in [0.25, 0.3) is 0 Å². The number of hydrogen-bond acceptors (Lipinski definition) is 3. The minimum atomic E-state index is 0.190. The number of carbonyl (C=O) groups excluding carboxylic acids is 1. The van der Waals surface area contributed by atoms with Crippen LogP contribution in [0.3, 0.4) is 0 Å². The summed E-state index contributed by atoms with van der Waals surface area (Å²) in [6.07, 6.45) is 4.36. The number of ether oxygens (including phenoxy) is 1. The molecule has 1 amide bonds. The molecule has 1 N–H and O–H groups in total. The molecule has 2 aliphatic heterocycles. The van der Waals surface area contributed by atoms with Gasteiger partial charge in [-0.15, -0.1) is 0 Å². The molecule has 0 spiro atoms. The predicted molar refractivity (Wildman–Crippen MR) is 86.4 cm³/mol. The van der Waals surface area contributed by atoms with Gasteiger partial charge < -0.3 is 15.0 Å². The van der Waals surface area contributed by atoms with Crippen LogP contribution in [0.5, 0.6) is 0 Å². The topological polar surface area (TPSA) is 41.6 Å². The highest BCUT2D eigenvalue weighted by Crippen LogP contribution is 2.20. The lowest BCUT2D eigenvalue weighted by Gasteiger charge is -2.35. The maximum atomic E-state index is 12.5. The molecule has 1 atom stereocenters. The molecule has 1 aromatic carbocycles. The van der Waals surface area contributed by atoms with E-state index in [0.717, 1.165) is 51.9 Å². The Morgan fingerprint density at radius 1 is 1.18 bits per heavy atom. The van der Waals surface area contributed by atoms with Crippen molar-refractivity contribution in [2.75, 3.05) is 26.2 Å². The Hall–Kier alpha value is -1.39. The Balaban J connectivity index is 1.41. The lowest BCUT2D eigenvalue weighted by molar-refractivity contribution is -0.138. The van der Waals surface area contributed by atoms with Gasteiger partial charge in [-0.1, -0.05) is 30.3 Å². The van der Waals surface area contributed by atoms with Crippen molar-refractivity contribution in [3.05, 3.63) is 35.9 Å². The zero-order valence-corrected chi connectivity index (χ0v) is 13.2. The van der Waals surface area contributed by atoms with Gasteiger partial charge in [-0.25, -0.2) is 0 Å². The summed E-state index contributed by atoms with van der Waals surface area (Å²) in [7, 11) is 0. The molecule has 2 heterocycles. The minimum absolute atomic E-state index is 0.190. The van der Waals surface area contributed by atoms with Crippen LogP contribution in [0.2, 0.25) is 0 Å². The minimum Gasteiger partial charge on any atom is -0.373 e. The van der Waals surface area contributed by atoms with Crippen LogP contribution in [-0.2, 0) is 16.1 Å². The van der Waals surface area contributed by atoms with Crippen LogP contribution < -0.4 is 5.32 Å². The number of rotatable bonds is 4. The monoisotopic (exact) mass is 302 g/mol.